The first-order chi connectivity index (χ1) is 9.78. The molecule has 1 aromatic carbocycles. The van der Waals surface area contributed by atoms with E-state index < -0.39 is 21.1 Å². The normalized spacial score (nSPS) is 23.7. The first-order valence-corrected chi connectivity index (χ1v) is 9.05. The maximum Gasteiger partial charge on any atom is 0.157 e. The Hall–Kier alpha value is -1.07. The van der Waals surface area contributed by atoms with Crippen LogP contribution in [0.4, 0.5) is 0 Å². The Bertz CT molecular complexity index is 610. The van der Waals surface area contributed by atoms with Crippen molar-refractivity contribution in [2.45, 2.75) is 50.2 Å². The summed E-state index contributed by atoms with van der Waals surface area (Å²) in [6.07, 6.45) is 1.35. The molecule has 3 unspecified atom stereocenters. The van der Waals surface area contributed by atoms with Gasteiger partial charge < -0.3 is 10.5 Å². The number of methoxy groups -OCH3 is 1. The van der Waals surface area contributed by atoms with Crippen molar-refractivity contribution in [2.75, 3.05) is 7.11 Å². The molecular weight excluding hydrogens is 286 g/mol. The maximum atomic E-state index is 12.8. The standard InChI is InChI=1S/C16H25NO3S/c1-10(2)11(3)21(18,19)15-8-6-12-5-7-13(20-4)9-14(12)16(15)17/h5,7,9-11,15-16H,6,8,17H2,1-4H3. The molecule has 0 fully saturated rings. The lowest BCUT2D eigenvalue weighted by Crippen LogP contribution is -2.42. The fourth-order valence-electron chi connectivity index (χ4n) is 2.94. The lowest BCUT2D eigenvalue weighted by Gasteiger charge is -2.33. The van der Waals surface area contributed by atoms with Crippen molar-refractivity contribution in [1.29, 1.82) is 0 Å². The van der Waals surface area contributed by atoms with Gasteiger partial charge in [0.25, 0.3) is 0 Å². The molecule has 118 valence electrons. The van der Waals surface area contributed by atoms with Gasteiger partial charge >= 0.3 is 0 Å². The molecule has 5 heteroatoms. The second-order valence-corrected chi connectivity index (χ2v) is 8.73. The van der Waals surface area contributed by atoms with Gasteiger partial charge in [0, 0.05) is 6.04 Å². The lowest BCUT2D eigenvalue weighted by molar-refractivity contribution is 0.412. The molecule has 0 radical (unpaired) electrons. The first kappa shape index (κ1) is 16.3. The minimum Gasteiger partial charge on any atom is -0.497 e. The summed E-state index contributed by atoms with van der Waals surface area (Å²) in [7, 11) is -1.64. The van der Waals surface area contributed by atoms with Crippen molar-refractivity contribution < 1.29 is 13.2 Å². The highest BCUT2D eigenvalue weighted by Gasteiger charge is 2.40. The average molecular weight is 311 g/mol. The van der Waals surface area contributed by atoms with Crippen molar-refractivity contribution in [1.82, 2.24) is 0 Å². The summed E-state index contributed by atoms with van der Waals surface area (Å²) < 4.78 is 30.8. The molecule has 0 bridgehead atoms. The van der Waals surface area contributed by atoms with E-state index in [-0.39, 0.29) is 11.2 Å². The van der Waals surface area contributed by atoms with Crippen LogP contribution in [0.25, 0.3) is 0 Å². The largest absolute Gasteiger partial charge is 0.497 e. The van der Waals surface area contributed by atoms with Crippen LogP contribution in [-0.4, -0.2) is 26.0 Å². The zero-order valence-electron chi connectivity index (χ0n) is 13.2. The minimum absolute atomic E-state index is 0.0916. The molecule has 21 heavy (non-hydrogen) atoms. The summed E-state index contributed by atoms with van der Waals surface area (Å²) >= 11 is 0. The van der Waals surface area contributed by atoms with Crippen LogP contribution in [0.2, 0.25) is 0 Å². The van der Waals surface area contributed by atoms with Crippen molar-refractivity contribution in [3.05, 3.63) is 29.3 Å². The van der Waals surface area contributed by atoms with Crippen molar-refractivity contribution in [2.24, 2.45) is 11.7 Å². The van der Waals surface area contributed by atoms with Gasteiger partial charge in [-0.15, -0.1) is 0 Å². The molecule has 1 aliphatic carbocycles. The molecule has 1 aliphatic rings. The Labute approximate surface area is 127 Å². The lowest BCUT2D eigenvalue weighted by atomic mass is 9.87. The number of benzene rings is 1. The summed E-state index contributed by atoms with van der Waals surface area (Å²) in [6, 6.07) is 5.29. The van der Waals surface area contributed by atoms with Crippen LogP contribution in [0, 0.1) is 5.92 Å². The monoisotopic (exact) mass is 311 g/mol. The number of hydrogen-bond donors (Lipinski definition) is 1. The SMILES string of the molecule is COc1ccc2c(c1)C(N)C(S(=O)(=O)C(C)C(C)C)CC2. The molecule has 0 spiro atoms. The minimum atomic E-state index is -3.24. The molecule has 0 aliphatic heterocycles. The van der Waals surface area contributed by atoms with Crippen molar-refractivity contribution >= 4 is 9.84 Å². The van der Waals surface area contributed by atoms with Crippen LogP contribution in [0.3, 0.4) is 0 Å². The molecular formula is C16H25NO3S. The summed E-state index contributed by atoms with van der Waals surface area (Å²) in [6.45, 7) is 5.66. The highest BCUT2D eigenvalue weighted by atomic mass is 32.2. The van der Waals surface area contributed by atoms with E-state index in [1.807, 2.05) is 32.0 Å². The van der Waals surface area contributed by atoms with Crippen LogP contribution in [0.1, 0.15) is 44.4 Å². The Balaban J connectivity index is 2.38. The number of rotatable bonds is 4. The van der Waals surface area contributed by atoms with Gasteiger partial charge in [-0.25, -0.2) is 8.42 Å². The quantitative estimate of drug-likeness (QED) is 0.927. The second-order valence-electron chi connectivity index (χ2n) is 6.21. The third-order valence-electron chi connectivity index (χ3n) is 4.69. The number of hydrogen-bond acceptors (Lipinski definition) is 4. The van der Waals surface area contributed by atoms with Gasteiger partial charge in [-0.3, -0.25) is 0 Å². The van der Waals surface area contributed by atoms with Gasteiger partial charge in [-0.1, -0.05) is 19.9 Å². The molecule has 3 atom stereocenters. The highest BCUT2D eigenvalue weighted by Crippen LogP contribution is 2.36. The van der Waals surface area contributed by atoms with Gasteiger partial charge in [-0.2, -0.15) is 0 Å². The van der Waals surface area contributed by atoms with Crippen molar-refractivity contribution in [3.63, 3.8) is 0 Å². The fraction of sp³-hybridized carbons (Fsp3) is 0.625. The van der Waals surface area contributed by atoms with E-state index in [0.29, 0.717) is 6.42 Å². The fourth-order valence-corrected chi connectivity index (χ4v) is 5.25. The van der Waals surface area contributed by atoms with E-state index in [9.17, 15) is 8.42 Å². The molecule has 4 nitrogen and oxygen atoms in total. The smallest absolute Gasteiger partial charge is 0.157 e. The van der Waals surface area contributed by atoms with Gasteiger partial charge in [-0.05, 0) is 48.9 Å². The van der Waals surface area contributed by atoms with Gasteiger partial charge in [0.05, 0.1) is 17.6 Å². The summed E-state index contributed by atoms with van der Waals surface area (Å²) in [5.41, 5.74) is 8.34. The van der Waals surface area contributed by atoms with Gasteiger partial charge in [0.1, 0.15) is 5.75 Å². The predicted octanol–water partition coefficient (Wildman–Crippen LogP) is 2.47. The van der Waals surface area contributed by atoms with Crippen molar-refractivity contribution in [3.8, 4) is 5.75 Å². The molecule has 0 amide bonds. The van der Waals surface area contributed by atoms with Crippen LogP contribution < -0.4 is 10.5 Å². The molecule has 0 aromatic heterocycles. The average Bonchev–Trinajstić information content (AvgIpc) is 2.46. The van der Waals surface area contributed by atoms with E-state index in [1.54, 1.807) is 14.0 Å². The Morgan fingerprint density at radius 1 is 1.29 bits per heavy atom. The van der Waals surface area contributed by atoms with Gasteiger partial charge in [0.2, 0.25) is 0 Å². The molecule has 1 aromatic rings. The topological polar surface area (TPSA) is 69.4 Å². The van der Waals surface area contributed by atoms with E-state index >= 15 is 0 Å². The van der Waals surface area contributed by atoms with Gasteiger partial charge in [0.15, 0.2) is 9.84 Å². The zero-order valence-corrected chi connectivity index (χ0v) is 14.0. The number of fused-ring (bicyclic) bond motifs is 1. The van der Waals surface area contributed by atoms with E-state index in [1.165, 1.54) is 0 Å². The zero-order chi connectivity index (χ0) is 15.8. The Morgan fingerprint density at radius 2 is 1.95 bits per heavy atom. The Morgan fingerprint density at radius 3 is 2.52 bits per heavy atom. The third-order valence-corrected chi connectivity index (χ3v) is 7.64. The second kappa shape index (κ2) is 5.97. The molecule has 2 N–H and O–H groups in total. The summed E-state index contributed by atoms with van der Waals surface area (Å²) in [4.78, 5) is 0. The Kier molecular flexibility index (Phi) is 4.63. The molecule has 2 rings (SSSR count). The van der Waals surface area contributed by atoms with Crippen LogP contribution >= 0.6 is 0 Å². The molecule has 0 saturated carbocycles. The number of ether oxygens (including phenoxy) is 1. The van der Waals surface area contributed by atoms with Crippen LogP contribution in [0.5, 0.6) is 5.75 Å². The predicted molar refractivity (Wildman–Crippen MR) is 85.3 cm³/mol. The number of nitrogens with two attached hydrogens (primary N) is 1. The van der Waals surface area contributed by atoms with E-state index in [2.05, 4.69) is 0 Å². The summed E-state index contributed by atoms with van der Waals surface area (Å²) in [5, 5.41) is -0.879. The first-order valence-electron chi connectivity index (χ1n) is 7.44. The van der Waals surface area contributed by atoms with E-state index in [4.69, 9.17) is 10.5 Å². The molecule has 0 heterocycles. The number of sulfone groups is 1. The third kappa shape index (κ3) is 2.94. The molecule has 0 saturated heterocycles. The number of aryl methyl sites for hydroxylation is 1. The van der Waals surface area contributed by atoms with E-state index in [0.717, 1.165) is 23.3 Å². The highest BCUT2D eigenvalue weighted by molar-refractivity contribution is 7.92. The van der Waals surface area contributed by atoms with Crippen LogP contribution in [-0.2, 0) is 16.3 Å². The maximum absolute atomic E-state index is 12.8. The van der Waals surface area contributed by atoms with Crippen LogP contribution in [0.15, 0.2) is 18.2 Å². The summed E-state index contributed by atoms with van der Waals surface area (Å²) in [5.74, 6) is 0.813.